The van der Waals surface area contributed by atoms with Gasteiger partial charge < -0.3 is 10.6 Å². The molecule has 0 bridgehead atoms. The van der Waals surface area contributed by atoms with Gasteiger partial charge in [0.25, 0.3) is 0 Å². The summed E-state index contributed by atoms with van der Waals surface area (Å²) in [7, 11) is 0. The van der Waals surface area contributed by atoms with Gasteiger partial charge in [-0.05, 0) is 68.5 Å². The Kier molecular flexibility index (Phi) is 5.51. The van der Waals surface area contributed by atoms with E-state index in [-0.39, 0.29) is 12.4 Å². The number of piperidine rings is 1. The summed E-state index contributed by atoms with van der Waals surface area (Å²) in [6.07, 6.45) is 8.25. The highest BCUT2D eigenvalue weighted by molar-refractivity contribution is 5.85. The van der Waals surface area contributed by atoms with Crippen LogP contribution in [-0.2, 0) is 11.2 Å². The first-order valence-corrected chi connectivity index (χ1v) is 9.32. The molecule has 3 unspecified atom stereocenters. The van der Waals surface area contributed by atoms with Crippen LogP contribution >= 0.6 is 12.4 Å². The smallest absolute Gasteiger partial charge is 0.223 e. The van der Waals surface area contributed by atoms with E-state index in [9.17, 15) is 4.79 Å². The van der Waals surface area contributed by atoms with Crippen molar-refractivity contribution in [1.82, 2.24) is 10.6 Å². The Morgan fingerprint density at radius 1 is 1.17 bits per heavy atom. The second-order valence-electron chi connectivity index (χ2n) is 7.86. The van der Waals surface area contributed by atoms with Gasteiger partial charge in [-0.15, -0.1) is 12.4 Å². The minimum absolute atomic E-state index is 0. The van der Waals surface area contributed by atoms with Crippen molar-refractivity contribution >= 4 is 18.3 Å². The van der Waals surface area contributed by atoms with Gasteiger partial charge in [-0.1, -0.05) is 36.8 Å². The van der Waals surface area contributed by atoms with Crippen molar-refractivity contribution < 1.29 is 4.79 Å². The number of carbonyl (C=O) groups excluding carboxylic acids is 1. The highest BCUT2D eigenvalue weighted by atomic mass is 35.5. The molecular weight excluding hydrogens is 320 g/mol. The maximum Gasteiger partial charge on any atom is 0.223 e. The van der Waals surface area contributed by atoms with Crippen LogP contribution in [-0.4, -0.2) is 25.0 Å². The molecule has 3 fully saturated rings. The Labute approximate surface area is 151 Å². The van der Waals surface area contributed by atoms with Crippen LogP contribution in [0.3, 0.4) is 0 Å². The molecule has 132 valence electrons. The summed E-state index contributed by atoms with van der Waals surface area (Å²) in [6, 6.07) is 11.1. The van der Waals surface area contributed by atoms with Crippen LogP contribution in [0.1, 0.15) is 44.1 Å². The fourth-order valence-electron chi connectivity index (χ4n) is 4.87. The molecule has 1 spiro atoms. The number of hydrogen-bond acceptors (Lipinski definition) is 2. The average molecular weight is 349 g/mol. The minimum atomic E-state index is 0. The van der Waals surface area contributed by atoms with Crippen molar-refractivity contribution in [3.8, 4) is 0 Å². The number of halogens is 1. The molecular formula is C20H29ClN2O. The summed E-state index contributed by atoms with van der Waals surface area (Å²) < 4.78 is 0. The largest absolute Gasteiger partial charge is 0.353 e. The summed E-state index contributed by atoms with van der Waals surface area (Å²) in [5.41, 5.74) is 1.75. The van der Waals surface area contributed by atoms with Crippen LogP contribution in [0, 0.1) is 17.3 Å². The van der Waals surface area contributed by atoms with E-state index in [1.54, 1.807) is 0 Å². The number of carbonyl (C=O) groups is 1. The van der Waals surface area contributed by atoms with Crippen LogP contribution in [0.25, 0.3) is 0 Å². The molecule has 4 rings (SSSR count). The Morgan fingerprint density at radius 2 is 1.92 bits per heavy atom. The van der Waals surface area contributed by atoms with Crippen LogP contribution in [0.5, 0.6) is 0 Å². The predicted molar refractivity (Wildman–Crippen MR) is 99.3 cm³/mol. The van der Waals surface area contributed by atoms with E-state index in [4.69, 9.17) is 0 Å². The molecule has 0 radical (unpaired) electrons. The van der Waals surface area contributed by atoms with Gasteiger partial charge in [0.05, 0.1) is 0 Å². The first-order chi connectivity index (χ1) is 11.3. The lowest BCUT2D eigenvalue weighted by atomic mass is 9.91. The second-order valence-corrected chi connectivity index (χ2v) is 7.86. The van der Waals surface area contributed by atoms with E-state index in [1.165, 1.54) is 31.2 Å². The molecule has 1 aromatic carbocycles. The van der Waals surface area contributed by atoms with Crippen molar-refractivity contribution in [1.29, 1.82) is 0 Å². The van der Waals surface area contributed by atoms with E-state index in [0.29, 0.717) is 29.2 Å². The van der Waals surface area contributed by atoms with Crippen LogP contribution in [0.4, 0.5) is 0 Å². The predicted octanol–water partition coefficient (Wildman–Crippen LogP) is 3.33. The van der Waals surface area contributed by atoms with Gasteiger partial charge in [0, 0.05) is 12.0 Å². The lowest BCUT2D eigenvalue weighted by molar-refractivity contribution is -0.124. The molecule has 1 aromatic rings. The maximum absolute atomic E-state index is 12.7. The zero-order chi connectivity index (χ0) is 15.7. The summed E-state index contributed by atoms with van der Waals surface area (Å²) in [5.74, 6) is 1.25. The summed E-state index contributed by atoms with van der Waals surface area (Å²) in [5, 5.41) is 6.84. The molecule has 4 heteroatoms. The van der Waals surface area contributed by atoms with Crippen LogP contribution in [0.2, 0.25) is 0 Å². The molecule has 2 N–H and O–H groups in total. The molecule has 1 amide bonds. The molecule has 1 saturated heterocycles. The van der Waals surface area contributed by atoms with Crippen molar-refractivity contribution in [2.45, 2.75) is 51.0 Å². The van der Waals surface area contributed by atoms with E-state index in [1.807, 2.05) is 0 Å². The molecule has 1 aliphatic heterocycles. The minimum Gasteiger partial charge on any atom is -0.353 e. The summed E-state index contributed by atoms with van der Waals surface area (Å²) >= 11 is 0. The monoisotopic (exact) mass is 348 g/mol. The van der Waals surface area contributed by atoms with E-state index in [0.717, 1.165) is 32.4 Å². The van der Waals surface area contributed by atoms with Crippen molar-refractivity contribution in [3.63, 3.8) is 0 Å². The Hall–Kier alpha value is -1.06. The van der Waals surface area contributed by atoms with Crippen LogP contribution < -0.4 is 10.6 Å². The maximum atomic E-state index is 12.7. The van der Waals surface area contributed by atoms with Gasteiger partial charge >= 0.3 is 0 Å². The molecule has 24 heavy (non-hydrogen) atoms. The molecule has 3 nitrogen and oxygen atoms in total. The van der Waals surface area contributed by atoms with Crippen LogP contribution in [0.15, 0.2) is 30.3 Å². The molecule has 3 aliphatic rings. The standard InChI is InChI=1S/C20H28N2O.ClH/c23-19(17-14-20(17)9-11-21-12-10-20)22-18-8-4-7-16(18)13-15-5-2-1-3-6-15;/h1-3,5-6,16-18,21H,4,7-14H2,(H,22,23);1H. The van der Waals surface area contributed by atoms with Gasteiger partial charge in [0.2, 0.25) is 5.91 Å². The average Bonchev–Trinajstić information content (AvgIpc) is 3.10. The molecule has 3 atom stereocenters. The molecule has 2 saturated carbocycles. The quantitative estimate of drug-likeness (QED) is 0.876. The van der Waals surface area contributed by atoms with Gasteiger partial charge in [0.15, 0.2) is 0 Å². The topological polar surface area (TPSA) is 41.1 Å². The highest BCUT2D eigenvalue weighted by Gasteiger charge is 2.57. The number of nitrogens with one attached hydrogen (secondary N) is 2. The SMILES string of the molecule is Cl.O=C(NC1CCCC1Cc1ccccc1)C1CC12CCNCC2. The number of benzene rings is 1. The number of amides is 1. The Balaban J connectivity index is 0.00000169. The Bertz CT molecular complexity index is 556. The van der Waals surface area contributed by atoms with Crippen molar-refractivity contribution in [2.75, 3.05) is 13.1 Å². The van der Waals surface area contributed by atoms with E-state index < -0.39 is 0 Å². The number of hydrogen-bond donors (Lipinski definition) is 2. The fraction of sp³-hybridized carbons (Fsp3) is 0.650. The van der Waals surface area contributed by atoms with Gasteiger partial charge in [-0.2, -0.15) is 0 Å². The lowest BCUT2D eigenvalue weighted by Crippen LogP contribution is -2.40. The fourth-order valence-corrected chi connectivity index (χ4v) is 4.87. The van der Waals surface area contributed by atoms with Crippen molar-refractivity contribution in [3.05, 3.63) is 35.9 Å². The van der Waals surface area contributed by atoms with Gasteiger partial charge in [0.1, 0.15) is 0 Å². The molecule has 0 aromatic heterocycles. The molecule has 1 heterocycles. The molecule has 2 aliphatic carbocycles. The third-order valence-corrected chi connectivity index (χ3v) is 6.43. The zero-order valence-corrected chi connectivity index (χ0v) is 15.1. The lowest BCUT2D eigenvalue weighted by Gasteiger charge is -2.25. The van der Waals surface area contributed by atoms with Gasteiger partial charge in [-0.25, -0.2) is 0 Å². The van der Waals surface area contributed by atoms with E-state index in [2.05, 4.69) is 41.0 Å². The first-order valence-electron chi connectivity index (χ1n) is 9.32. The normalized spacial score (nSPS) is 30.6. The highest BCUT2D eigenvalue weighted by Crippen LogP contribution is 2.58. The first kappa shape index (κ1) is 17.8. The van der Waals surface area contributed by atoms with E-state index >= 15 is 0 Å². The third kappa shape index (κ3) is 3.62. The van der Waals surface area contributed by atoms with Crippen molar-refractivity contribution in [2.24, 2.45) is 17.3 Å². The summed E-state index contributed by atoms with van der Waals surface area (Å²) in [6.45, 7) is 2.17. The van der Waals surface area contributed by atoms with Gasteiger partial charge in [-0.3, -0.25) is 4.79 Å². The number of rotatable bonds is 4. The Morgan fingerprint density at radius 3 is 2.67 bits per heavy atom. The zero-order valence-electron chi connectivity index (χ0n) is 14.3. The second kappa shape index (κ2) is 7.45. The summed E-state index contributed by atoms with van der Waals surface area (Å²) in [4.78, 5) is 12.7. The third-order valence-electron chi connectivity index (χ3n) is 6.43.